The minimum atomic E-state index is -0.113. The molecule has 0 aromatic carbocycles. The van der Waals surface area contributed by atoms with Crippen LogP contribution in [0.5, 0.6) is 0 Å². The van der Waals surface area contributed by atoms with Crippen LogP contribution in [0, 0.1) is 11.8 Å². The quantitative estimate of drug-likeness (QED) is 0.300. The summed E-state index contributed by atoms with van der Waals surface area (Å²) in [6.45, 7) is 5.76. The normalized spacial score (nSPS) is 21.4. The number of aliphatic imine (C=N–C) groups is 1. The van der Waals surface area contributed by atoms with Crippen molar-refractivity contribution < 1.29 is 9.53 Å². The lowest BCUT2D eigenvalue weighted by molar-refractivity contribution is -0.145. The SMILES string of the molecule is CN=C(NCCCCCCCN(C)C)N1CC(C)C(C(=O)OC)C1. The van der Waals surface area contributed by atoms with Gasteiger partial charge in [-0.1, -0.05) is 26.2 Å². The van der Waals surface area contributed by atoms with E-state index in [1.54, 1.807) is 7.05 Å². The van der Waals surface area contributed by atoms with Crippen LogP contribution in [-0.4, -0.2) is 76.2 Å². The number of rotatable bonds is 9. The summed E-state index contributed by atoms with van der Waals surface area (Å²) in [4.78, 5) is 20.6. The molecule has 0 amide bonds. The van der Waals surface area contributed by atoms with Gasteiger partial charge in [0.05, 0.1) is 13.0 Å². The highest BCUT2D eigenvalue weighted by molar-refractivity contribution is 5.82. The van der Waals surface area contributed by atoms with Crippen molar-refractivity contribution in [2.45, 2.75) is 39.0 Å². The largest absolute Gasteiger partial charge is 0.469 e. The Morgan fingerprint density at radius 1 is 1.21 bits per heavy atom. The Kier molecular flexibility index (Phi) is 9.76. The van der Waals surface area contributed by atoms with Crippen molar-refractivity contribution in [3.63, 3.8) is 0 Å². The number of hydrogen-bond donors (Lipinski definition) is 1. The summed E-state index contributed by atoms with van der Waals surface area (Å²) in [5.41, 5.74) is 0. The van der Waals surface area contributed by atoms with Crippen LogP contribution in [-0.2, 0) is 9.53 Å². The molecule has 1 fully saturated rings. The predicted octanol–water partition coefficient (Wildman–Crippen LogP) is 1.81. The molecule has 0 saturated carbocycles. The van der Waals surface area contributed by atoms with Crippen molar-refractivity contribution in [2.24, 2.45) is 16.8 Å². The molecule has 1 aliphatic rings. The van der Waals surface area contributed by atoms with Gasteiger partial charge in [0.1, 0.15) is 0 Å². The molecule has 1 rings (SSSR count). The van der Waals surface area contributed by atoms with E-state index in [1.807, 2.05) is 0 Å². The first-order valence-corrected chi connectivity index (χ1v) is 9.17. The number of carbonyl (C=O) groups is 1. The number of esters is 1. The van der Waals surface area contributed by atoms with Crippen molar-refractivity contribution in [2.75, 3.05) is 54.4 Å². The fraction of sp³-hybridized carbons (Fsp3) is 0.889. The lowest BCUT2D eigenvalue weighted by atomic mass is 9.99. The van der Waals surface area contributed by atoms with Gasteiger partial charge in [0.25, 0.3) is 0 Å². The maximum Gasteiger partial charge on any atom is 0.310 e. The van der Waals surface area contributed by atoms with Crippen LogP contribution in [0.15, 0.2) is 4.99 Å². The van der Waals surface area contributed by atoms with E-state index >= 15 is 0 Å². The average Bonchev–Trinajstić information content (AvgIpc) is 2.94. The predicted molar refractivity (Wildman–Crippen MR) is 99.2 cm³/mol. The Morgan fingerprint density at radius 3 is 2.50 bits per heavy atom. The summed E-state index contributed by atoms with van der Waals surface area (Å²) in [5.74, 6) is 1.04. The molecule has 0 aromatic rings. The number of guanidine groups is 1. The number of nitrogens with zero attached hydrogens (tertiary/aromatic N) is 3. The van der Waals surface area contributed by atoms with Gasteiger partial charge in [0, 0.05) is 26.7 Å². The van der Waals surface area contributed by atoms with Crippen molar-refractivity contribution in [1.82, 2.24) is 15.1 Å². The third-order valence-corrected chi connectivity index (χ3v) is 4.69. The summed E-state index contributed by atoms with van der Waals surface area (Å²) in [7, 11) is 7.52. The van der Waals surface area contributed by atoms with Crippen molar-refractivity contribution in [1.29, 1.82) is 0 Å². The van der Waals surface area contributed by atoms with E-state index in [0.717, 1.165) is 25.5 Å². The lowest BCUT2D eigenvalue weighted by Crippen LogP contribution is -2.41. The molecule has 0 radical (unpaired) electrons. The Morgan fingerprint density at radius 2 is 1.88 bits per heavy atom. The van der Waals surface area contributed by atoms with Gasteiger partial charge in [-0.05, 0) is 39.4 Å². The monoisotopic (exact) mass is 340 g/mol. The third kappa shape index (κ3) is 7.07. The number of carbonyl (C=O) groups excluding carboxylic acids is 1. The van der Waals surface area contributed by atoms with Crippen LogP contribution in [0.2, 0.25) is 0 Å². The molecule has 1 aliphatic heterocycles. The molecule has 2 atom stereocenters. The number of unbranched alkanes of at least 4 members (excludes halogenated alkanes) is 4. The van der Waals surface area contributed by atoms with Crippen LogP contribution in [0.25, 0.3) is 0 Å². The van der Waals surface area contributed by atoms with Gasteiger partial charge >= 0.3 is 5.97 Å². The van der Waals surface area contributed by atoms with E-state index in [9.17, 15) is 4.79 Å². The molecule has 2 unspecified atom stereocenters. The number of ether oxygens (including phenoxy) is 1. The highest BCUT2D eigenvalue weighted by atomic mass is 16.5. The minimum Gasteiger partial charge on any atom is -0.469 e. The molecule has 0 aliphatic carbocycles. The molecule has 24 heavy (non-hydrogen) atoms. The fourth-order valence-corrected chi connectivity index (χ4v) is 3.21. The first-order valence-electron chi connectivity index (χ1n) is 9.17. The van der Waals surface area contributed by atoms with Crippen LogP contribution in [0.3, 0.4) is 0 Å². The molecule has 140 valence electrons. The molecular formula is C18H36N4O2. The standard InChI is InChI=1S/C18H36N4O2/c1-15-13-22(14-16(15)17(23)24-5)18(19-2)20-11-9-7-6-8-10-12-21(3)4/h15-16H,6-14H2,1-5H3,(H,19,20). The first kappa shape index (κ1) is 20.7. The zero-order valence-corrected chi connectivity index (χ0v) is 16.2. The van der Waals surface area contributed by atoms with Crippen LogP contribution in [0.4, 0.5) is 0 Å². The minimum absolute atomic E-state index is 0.0507. The second kappa shape index (κ2) is 11.3. The van der Waals surface area contributed by atoms with Gasteiger partial charge in [-0.25, -0.2) is 0 Å². The van der Waals surface area contributed by atoms with Crippen molar-refractivity contribution in [3.8, 4) is 0 Å². The summed E-state index contributed by atoms with van der Waals surface area (Å²) < 4.78 is 4.90. The number of nitrogens with one attached hydrogen (secondary N) is 1. The van der Waals surface area contributed by atoms with E-state index in [4.69, 9.17) is 4.74 Å². The van der Waals surface area contributed by atoms with Gasteiger partial charge < -0.3 is 19.9 Å². The summed E-state index contributed by atoms with van der Waals surface area (Å²) in [6.07, 6.45) is 6.28. The smallest absolute Gasteiger partial charge is 0.310 e. The van der Waals surface area contributed by atoms with Gasteiger partial charge in [-0.2, -0.15) is 0 Å². The number of hydrogen-bond acceptors (Lipinski definition) is 4. The van der Waals surface area contributed by atoms with Gasteiger partial charge in [0.15, 0.2) is 5.96 Å². The van der Waals surface area contributed by atoms with Gasteiger partial charge in [0.2, 0.25) is 0 Å². The highest BCUT2D eigenvalue weighted by Crippen LogP contribution is 2.24. The molecule has 1 saturated heterocycles. The Balaban J connectivity index is 2.21. The van der Waals surface area contributed by atoms with Crippen molar-refractivity contribution in [3.05, 3.63) is 0 Å². The maximum atomic E-state index is 11.8. The molecular weight excluding hydrogens is 304 g/mol. The summed E-state index contributed by atoms with van der Waals surface area (Å²) in [5, 5.41) is 3.43. The number of methoxy groups -OCH3 is 1. The van der Waals surface area contributed by atoms with Gasteiger partial charge in [-0.15, -0.1) is 0 Å². The topological polar surface area (TPSA) is 57.2 Å². The molecule has 0 spiro atoms. The Bertz CT molecular complexity index is 398. The molecule has 1 heterocycles. The second-order valence-corrected chi connectivity index (χ2v) is 7.06. The van der Waals surface area contributed by atoms with Gasteiger partial charge in [-0.3, -0.25) is 9.79 Å². The van der Waals surface area contributed by atoms with E-state index in [-0.39, 0.29) is 11.9 Å². The van der Waals surface area contributed by atoms with Crippen molar-refractivity contribution >= 4 is 11.9 Å². The first-order chi connectivity index (χ1) is 11.5. The summed E-state index contributed by atoms with van der Waals surface area (Å²) in [6, 6.07) is 0. The highest BCUT2D eigenvalue weighted by Gasteiger charge is 2.36. The third-order valence-electron chi connectivity index (χ3n) is 4.69. The molecule has 6 heteroatoms. The zero-order chi connectivity index (χ0) is 17.9. The van der Waals surface area contributed by atoms with Crippen LogP contribution >= 0.6 is 0 Å². The van der Waals surface area contributed by atoms with E-state index in [0.29, 0.717) is 12.5 Å². The zero-order valence-electron chi connectivity index (χ0n) is 16.2. The molecule has 0 aromatic heterocycles. The maximum absolute atomic E-state index is 11.8. The Labute approximate surface area is 147 Å². The molecule has 1 N–H and O–H groups in total. The number of likely N-dealkylation sites (tertiary alicyclic amines) is 1. The Hall–Kier alpha value is -1.30. The van der Waals surface area contributed by atoms with Crippen LogP contribution < -0.4 is 5.32 Å². The fourth-order valence-electron chi connectivity index (χ4n) is 3.21. The molecule has 6 nitrogen and oxygen atoms in total. The average molecular weight is 341 g/mol. The summed E-state index contributed by atoms with van der Waals surface area (Å²) >= 11 is 0. The van der Waals surface area contributed by atoms with Crippen LogP contribution in [0.1, 0.15) is 39.0 Å². The van der Waals surface area contributed by atoms with E-state index < -0.39 is 0 Å². The van der Waals surface area contributed by atoms with E-state index in [2.05, 4.69) is 41.1 Å². The second-order valence-electron chi connectivity index (χ2n) is 7.06. The lowest BCUT2D eigenvalue weighted by Gasteiger charge is -2.21. The van der Waals surface area contributed by atoms with E-state index in [1.165, 1.54) is 39.3 Å². The molecule has 0 bridgehead atoms.